The maximum absolute atomic E-state index is 9.82. The number of hydrogen-bond donors (Lipinski definition) is 2. The van der Waals surface area contributed by atoms with Crippen LogP contribution in [0.25, 0.3) is 0 Å². The topological polar surface area (TPSA) is 32.3 Å². The summed E-state index contributed by atoms with van der Waals surface area (Å²) >= 11 is 0. The Morgan fingerprint density at radius 1 is 1.43 bits per heavy atom. The van der Waals surface area contributed by atoms with Crippen LogP contribution in [0.15, 0.2) is 0 Å². The van der Waals surface area contributed by atoms with Gasteiger partial charge in [-0.3, -0.25) is 0 Å². The first kappa shape index (κ1) is 12.0. The lowest BCUT2D eigenvalue weighted by Crippen LogP contribution is -2.48. The summed E-state index contributed by atoms with van der Waals surface area (Å²) in [5, 5.41) is 13.3. The average molecular weight is 199 g/mol. The van der Waals surface area contributed by atoms with Crippen molar-refractivity contribution in [3.63, 3.8) is 0 Å². The SMILES string of the molecule is CCC(CC1CC1)NC(C)C(C)(C)O. The fraction of sp³-hybridized carbons (Fsp3) is 1.00. The highest BCUT2D eigenvalue weighted by atomic mass is 16.3. The molecule has 0 aliphatic heterocycles. The summed E-state index contributed by atoms with van der Waals surface area (Å²) < 4.78 is 0. The van der Waals surface area contributed by atoms with Crippen LogP contribution >= 0.6 is 0 Å². The molecule has 2 heteroatoms. The summed E-state index contributed by atoms with van der Waals surface area (Å²) in [4.78, 5) is 0. The molecule has 1 aliphatic carbocycles. The molecule has 14 heavy (non-hydrogen) atoms. The van der Waals surface area contributed by atoms with Gasteiger partial charge in [0.15, 0.2) is 0 Å². The second-order valence-electron chi connectivity index (χ2n) is 5.33. The number of nitrogens with one attached hydrogen (secondary N) is 1. The van der Waals surface area contributed by atoms with Gasteiger partial charge in [-0.2, -0.15) is 0 Å². The van der Waals surface area contributed by atoms with Crippen LogP contribution in [0.5, 0.6) is 0 Å². The number of rotatable bonds is 6. The van der Waals surface area contributed by atoms with Crippen molar-refractivity contribution >= 4 is 0 Å². The molecule has 1 aliphatic rings. The minimum atomic E-state index is -0.614. The van der Waals surface area contributed by atoms with E-state index in [2.05, 4.69) is 19.2 Å². The van der Waals surface area contributed by atoms with E-state index in [1.165, 1.54) is 19.3 Å². The normalized spacial score (nSPS) is 22.1. The van der Waals surface area contributed by atoms with Gasteiger partial charge in [0.05, 0.1) is 5.60 Å². The van der Waals surface area contributed by atoms with Gasteiger partial charge in [-0.25, -0.2) is 0 Å². The van der Waals surface area contributed by atoms with Gasteiger partial charge in [0.2, 0.25) is 0 Å². The van der Waals surface area contributed by atoms with Crippen LogP contribution in [0, 0.1) is 5.92 Å². The van der Waals surface area contributed by atoms with E-state index in [1.54, 1.807) is 0 Å². The molecule has 84 valence electrons. The number of aliphatic hydroxyl groups is 1. The largest absolute Gasteiger partial charge is 0.389 e. The van der Waals surface area contributed by atoms with Gasteiger partial charge in [-0.15, -0.1) is 0 Å². The van der Waals surface area contributed by atoms with Gasteiger partial charge in [0.25, 0.3) is 0 Å². The zero-order valence-electron chi connectivity index (χ0n) is 10.0. The second-order valence-corrected chi connectivity index (χ2v) is 5.33. The van der Waals surface area contributed by atoms with Crippen molar-refractivity contribution in [2.24, 2.45) is 5.92 Å². The molecule has 0 aromatic heterocycles. The van der Waals surface area contributed by atoms with E-state index in [-0.39, 0.29) is 6.04 Å². The molecule has 2 N–H and O–H groups in total. The Morgan fingerprint density at radius 2 is 2.00 bits per heavy atom. The zero-order chi connectivity index (χ0) is 10.8. The van der Waals surface area contributed by atoms with Crippen molar-refractivity contribution in [1.29, 1.82) is 0 Å². The summed E-state index contributed by atoms with van der Waals surface area (Å²) in [5.74, 6) is 0.960. The van der Waals surface area contributed by atoms with Crippen molar-refractivity contribution < 1.29 is 5.11 Å². The van der Waals surface area contributed by atoms with Crippen LogP contribution in [0.1, 0.15) is 53.4 Å². The van der Waals surface area contributed by atoms with Crippen LogP contribution < -0.4 is 5.32 Å². The molecule has 0 bridgehead atoms. The molecule has 1 fully saturated rings. The van der Waals surface area contributed by atoms with Crippen LogP contribution in [0.4, 0.5) is 0 Å². The van der Waals surface area contributed by atoms with Crippen LogP contribution in [0.2, 0.25) is 0 Å². The fourth-order valence-corrected chi connectivity index (χ4v) is 1.67. The molecular formula is C12H25NO. The molecule has 1 saturated carbocycles. The molecule has 0 radical (unpaired) electrons. The zero-order valence-corrected chi connectivity index (χ0v) is 10.0. The first-order chi connectivity index (χ1) is 6.43. The molecule has 2 nitrogen and oxygen atoms in total. The van der Waals surface area contributed by atoms with Crippen LogP contribution in [-0.2, 0) is 0 Å². The summed E-state index contributed by atoms with van der Waals surface area (Å²) in [6, 6.07) is 0.759. The smallest absolute Gasteiger partial charge is 0.0741 e. The van der Waals surface area contributed by atoms with Crippen LogP contribution in [-0.4, -0.2) is 22.8 Å². The summed E-state index contributed by atoms with van der Waals surface area (Å²) in [5.41, 5.74) is -0.614. The monoisotopic (exact) mass is 199 g/mol. The Bertz CT molecular complexity index is 170. The Hall–Kier alpha value is -0.0800. The maximum atomic E-state index is 9.82. The molecular weight excluding hydrogens is 174 g/mol. The average Bonchev–Trinajstić information content (AvgIpc) is 2.85. The minimum absolute atomic E-state index is 0.172. The van der Waals surface area contributed by atoms with E-state index in [9.17, 15) is 5.11 Å². The molecule has 0 aromatic carbocycles. The fourth-order valence-electron chi connectivity index (χ4n) is 1.67. The van der Waals surface area contributed by atoms with E-state index >= 15 is 0 Å². The van der Waals surface area contributed by atoms with Crippen molar-refractivity contribution in [3.05, 3.63) is 0 Å². The van der Waals surface area contributed by atoms with Gasteiger partial charge in [0.1, 0.15) is 0 Å². The van der Waals surface area contributed by atoms with Crippen LogP contribution in [0.3, 0.4) is 0 Å². The molecule has 2 atom stereocenters. The Balaban J connectivity index is 2.30. The highest BCUT2D eigenvalue weighted by Crippen LogP contribution is 2.34. The Morgan fingerprint density at radius 3 is 2.36 bits per heavy atom. The predicted molar refractivity (Wildman–Crippen MR) is 60.3 cm³/mol. The third-order valence-corrected chi connectivity index (χ3v) is 3.35. The molecule has 1 rings (SSSR count). The van der Waals surface area contributed by atoms with E-state index in [4.69, 9.17) is 0 Å². The maximum Gasteiger partial charge on any atom is 0.0741 e. The van der Waals surface area contributed by atoms with E-state index in [1.807, 2.05) is 13.8 Å². The molecule has 0 heterocycles. The lowest BCUT2D eigenvalue weighted by Gasteiger charge is -2.31. The lowest BCUT2D eigenvalue weighted by atomic mass is 9.98. The highest BCUT2D eigenvalue weighted by Gasteiger charge is 2.28. The van der Waals surface area contributed by atoms with Gasteiger partial charge in [-0.1, -0.05) is 19.8 Å². The third-order valence-electron chi connectivity index (χ3n) is 3.35. The summed E-state index contributed by atoms with van der Waals surface area (Å²) in [6.07, 6.45) is 5.28. The quantitative estimate of drug-likeness (QED) is 0.688. The second kappa shape index (κ2) is 4.63. The van der Waals surface area contributed by atoms with Gasteiger partial charge in [-0.05, 0) is 39.5 Å². The Kier molecular flexibility index (Phi) is 3.96. The third kappa shape index (κ3) is 3.97. The van der Waals surface area contributed by atoms with Gasteiger partial charge >= 0.3 is 0 Å². The molecule has 0 amide bonds. The molecule has 0 saturated heterocycles. The molecule has 0 aromatic rings. The van der Waals surface area contributed by atoms with Crippen molar-refractivity contribution in [2.45, 2.75) is 71.1 Å². The standard InChI is InChI=1S/C12H25NO/c1-5-11(8-10-6-7-10)13-9(2)12(3,4)14/h9-11,13-14H,5-8H2,1-4H3. The minimum Gasteiger partial charge on any atom is -0.389 e. The van der Waals surface area contributed by atoms with Crippen molar-refractivity contribution in [2.75, 3.05) is 0 Å². The predicted octanol–water partition coefficient (Wildman–Crippen LogP) is 2.31. The van der Waals surface area contributed by atoms with E-state index in [0.717, 1.165) is 12.3 Å². The van der Waals surface area contributed by atoms with Gasteiger partial charge in [0, 0.05) is 12.1 Å². The van der Waals surface area contributed by atoms with Crippen molar-refractivity contribution in [1.82, 2.24) is 5.32 Å². The van der Waals surface area contributed by atoms with E-state index < -0.39 is 5.60 Å². The molecule has 0 spiro atoms. The summed E-state index contributed by atoms with van der Waals surface area (Å²) in [7, 11) is 0. The highest BCUT2D eigenvalue weighted by molar-refractivity contribution is 4.86. The lowest BCUT2D eigenvalue weighted by molar-refractivity contribution is 0.0388. The summed E-state index contributed by atoms with van der Waals surface area (Å²) in [6.45, 7) is 8.02. The van der Waals surface area contributed by atoms with Gasteiger partial charge < -0.3 is 10.4 Å². The molecule has 2 unspecified atom stereocenters. The van der Waals surface area contributed by atoms with Crippen molar-refractivity contribution in [3.8, 4) is 0 Å². The first-order valence-corrected chi connectivity index (χ1v) is 5.92. The first-order valence-electron chi connectivity index (χ1n) is 5.92. The Labute approximate surface area is 88.1 Å². The van der Waals surface area contributed by atoms with E-state index in [0.29, 0.717) is 6.04 Å². The number of hydrogen-bond acceptors (Lipinski definition) is 2.